The predicted molar refractivity (Wildman–Crippen MR) is 111 cm³/mol. The zero-order chi connectivity index (χ0) is 20.7. The second kappa shape index (κ2) is 9.96. The highest BCUT2D eigenvalue weighted by Gasteiger charge is 2.16. The van der Waals surface area contributed by atoms with Crippen molar-refractivity contribution in [2.75, 3.05) is 27.7 Å². The van der Waals surface area contributed by atoms with Crippen molar-refractivity contribution in [1.82, 2.24) is 4.90 Å². The third-order valence-electron chi connectivity index (χ3n) is 3.31. The maximum atomic E-state index is 12.0. The summed E-state index contributed by atoms with van der Waals surface area (Å²) in [6.45, 7) is 1.98. The van der Waals surface area contributed by atoms with Crippen LogP contribution in [0.15, 0.2) is 51.8 Å². The maximum absolute atomic E-state index is 12.0. The lowest BCUT2D eigenvalue weighted by molar-refractivity contribution is 0.0526. The van der Waals surface area contributed by atoms with Crippen LogP contribution in [0.2, 0.25) is 0 Å². The number of rotatable bonds is 5. The van der Waals surface area contributed by atoms with Crippen molar-refractivity contribution in [2.24, 2.45) is 0 Å². The van der Waals surface area contributed by atoms with Gasteiger partial charge in [-0.15, -0.1) is 12.6 Å². The molecular formula is C21H23NO5S. The van der Waals surface area contributed by atoms with E-state index in [0.29, 0.717) is 28.8 Å². The van der Waals surface area contributed by atoms with Gasteiger partial charge in [-0.05, 0) is 70.5 Å². The Kier molecular flexibility index (Phi) is 7.66. The Labute approximate surface area is 169 Å². The van der Waals surface area contributed by atoms with Crippen LogP contribution in [0.3, 0.4) is 0 Å². The Balaban J connectivity index is 0.000000640. The molecule has 3 aromatic rings. The molecule has 0 spiro atoms. The van der Waals surface area contributed by atoms with Crippen molar-refractivity contribution < 1.29 is 23.5 Å². The topological polar surface area (TPSA) is 69.0 Å². The molecule has 0 saturated carbocycles. The number of carbonyl (C=O) groups is 2. The molecule has 2 aromatic carbocycles. The molecule has 3 rings (SSSR count). The molecule has 0 fully saturated rings. The molecule has 0 saturated heterocycles. The molecule has 0 atom stereocenters. The van der Waals surface area contributed by atoms with E-state index >= 15 is 0 Å². The molecule has 148 valence electrons. The highest BCUT2D eigenvalue weighted by Crippen LogP contribution is 2.34. The first-order valence-electron chi connectivity index (χ1n) is 8.61. The van der Waals surface area contributed by atoms with Gasteiger partial charge in [-0.3, -0.25) is 4.79 Å². The van der Waals surface area contributed by atoms with E-state index in [0.717, 1.165) is 4.90 Å². The van der Waals surface area contributed by atoms with Crippen molar-refractivity contribution >= 4 is 35.9 Å². The molecule has 7 heteroatoms. The maximum Gasteiger partial charge on any atom is 0.338 e. The van der Waals surface area contributed by atoms with Crippen LogP contribution >= 0.6 is 12.6 Å². The summed E-state index contributed by atoms with van der Waals surface area (Å²) in [5.74, 6) is 0.642. The second-order valence-corrected chi connectivity index (χ2v) is 6.83. The highest BCUT2D eigenvalue weighted by molar-refractivity contribution is 7.80. The Morgan fingerprint density at radius 1 is 1.14 bits per heavy atom. The van der Waals surface area contributed by atoms with Gasteiger partial charge in [0.05, 0.1) is 17.6 Å². The minimum absolute atomic E-state index is 0.154. The molecule has 0 bridgehead atoms. The van der Waals surface area contributed by atoms with Crippen LogP contribution in [0.1, 0.15) is 27.8 Å². The van der Waals surface area contributed by atoms with E-state index < -0.39 is 5.97 Å². The number of hydrogen-bond donors (Lipinski definition) is 1. The normalized spacial score (nSPS) is 10.4. The Morgan fingerprint density at radius 3 is 2.36 bits per heavy atom. The summed E-state index contributed by atoms with van der Waals surface area (Å²) < 4.78 is 16.3. The van der Waals surface area contributed by atoms with E-state index in [1.54, 1.807) is 43.3 Å². The van der Waals surface area contributed by atoms with Gasteiger partial charge >= 0.3 is 5.97 Å². The number of nitrogens with zero attached hydrogens (tertiary/aromatic N) is 1. The Hall–Kier alpha value is -2.77. The van der Waals surface area contributed by atoms with E-state index in [4.69, 9.17) is 13.9 Å². The average molecular weight is 401 g/mol. The van der Waals surface area contributed by atoms with Crippen LogP contribution in [0.25, 0.3) is 11.0 Å². The summed E-state index contributed by atoms with van der Waals surface area (Å²) in [5.41, 5.74) is 0.667. The zero-order valence-electron chi connectivity index (χ0n) is 16.3. The number of carbonyl (C=O) groups excluding carboxylic acids is 2. The number of furan rings is 1. The summed E-state index contributed by atoms with van der Waals surface area (Å²) in [4.78, 5) is 25.8. The fraction of sp³-hybridized carbons (Fsp3) is 0.238. The SMILES string of the molecule is CCOC(=O)c1cc(Oc2ccc(S)cc2)c2cc(C=O)oc2c1.CN(C)C. The van der Waals surface area contributed by atoms with E-state index in [-0.39, 0.29) is 17.9 Å². The van der Waals surface area contributed by atoms with Crippen LogP contribution in [-0.2, 0) is 4.74 Å². The minimum Gasteiger partial charge on any atom is -0.462 e. The van der Waals surface area contributed by atoms with Crippen LogP contribution in [0.4, 0.5) is 0 Å². The first-order chi connectivity index (χ1) is 13.3. The Bertz CT molecular complexity index is 945. The van der Waals surface area contributed by atoms with Gasteiger partial charge in [0.25, 0.3) is 0 Å². The summed E-state index contributed by atoms with van der Waals surface area (Å²) in [5, 5.41) is 0.597. The molecule has 0 N–H and O–H groups in total. The zero-order valence-corrected chi connectivity index (χ0v) is 17.2. The summed E-state index contributed by atoms with van der Waals surface area (Å²) in [7, 11) is 6.00. The molecular weight excluding hydrogens is 378 g/mol. The van der Waals surface area contributed by atoms with E-state index in [1.807, 2.05) is 26.0 Å². The summed E-state index contributed by atoms with van der Waals surface area (Å²) in [6, 6.07) is 11.8. The van der Waals surface area contributed by atoms with Crippen LogP contribution in [0, 0.1) is 0 Å². The van der Waals surface area contributed by atoms with Gasteiger partial charge in [-0.25, -0.2) is 4.79 Å². The summed E-state index contributed by atoms with van der Waals surface area (Å²) in [6.07, 6.45) is 0.601. The molecule has 1 heterocycles. The lowest BCUT2D eigenvalue weighted by Crippen LogP contribution is -2.04. The first kappa shape index (κ1) is 21.5. The van der Waals surface area contributed by atoms with Gasteiger partial charge in [0, 0.05) is 4.90 Å². The fourth-order valence-electron chi connectivity index (χ4n) is 2.24. The molecule has 1 aromatic heterocycles. The first-order valence-corrected chi connectivity index (χ1v) is 9.06. The highest BCUT2D eigenvalue weighted by atomic mass is 32.1. The van der Waals surface area contributed by atoms with Crippen molar-refractivity contribution in [1.29, 1.82) is 0 Å². The van der Waals surface area contributed by atoms with Gasteiger partial charge in [0.2, 0.25) is 0 Å². The summed E-state index contributed by atoms with van der Waals surface area (Å²) >= 11 is 4.23. The molecule has 28 heavy (non-hydrogen) atoms. The third kappa shape index (κ3) is 5.87. The molecule has 6 nitrogen and oxygen atoms in total. The standard InChI is InChI=1S/C18H14O5S.C3H9N/c1-2-21-18(20)11-7-16(22-12-3-5-14(24)6-4-12)15-9-13(10-19)23-17(15)8-11;1-4(2)3/h3-10,24H,2H2,1H3;1-3H3. The quantitative estimate of drug-likeness (QED) is 0.380. The number of benzene rings is 2. The van der Waals surface area contributed by atoms with Crippen molar-refractivity contribution in [3.63, 3.8) is 0 Å². The number of aldehydes is 1. The van der Waals surface area contributed by atoms with Gasteiger partial charge in [0.1, 0.15) is 17.1 Å². The van der Waals surface area contributed by atoms with Crippen LogP contribution < -0.4 is 4.74 Å². The fourth-order valence-corrected chi connectivity index (χ4v) is 2.39. The van der Waals surface area contributed by atoms with Crippen molar-refractivity contribution in [3.05, 3.63) is 53.8 Å². The smallest absolute Gasteiger partial charge is 0.338 e. The van der Waals surface area contributed by atoms with Gasteiger partial charge in [-0.1, -0.05) is 0 Å². The lowest BCUT2D eigenvalue weighted by atomic mass is 10.1. The number of thiol groups is 1. The minimum atomic E-state index is -0.487. The largest absolute Gasteiger partial charge is 0.462 e. The molecule has 0 amide bonds. The average Bonchev–Trinajstić information content (AvgIpc) is 3.07. The molecule has 0 aliphatic rings. The Morgan fingerprint density at radius 2 is 1.79 bits per heavy atom. The van der Waals surface area contributed by atoms with E-state index in [9.17, 15) is 9.59 Å². The van der Waals surface area contributed by atoms with Gasteiger partial charge < -0.3 is 18.8 Å². The number of ether oxygens (including phenoxy) is 2. The van der Waals surface area contributed by atoms with Gasteiger partial charge in [0.15, 0.2) is 12.0 Å². The molecule has 0 aliphatic carbocycles. The third-order valence-corrected chi connectivity index (χ3v) is 3.61. The van der Waals surface area contributed by atoms with Gasteiger partial charge in [-0.2, -0.15) is 0 Å². The van der Waals surface area contributed by atoms with E-state index in [1.165, 1.54) is 6.07 Å². The van der Waals surface area contributed by atoms with Crippen molar-refractivity contribution in [2.45, 2.75) is 11.8 Å². The monoisotopic (exact) mass is 401 g/mol. The molecule has 0 unspecified atom stereocenters. The molecule has 0 aliphatic heterocycles. The van der Waals surface area contributed by atoms with Crippen LogP contribution in [-0.4, -0.2) is 44.9 Å². The number of fused-ring (bicyclic) bond motifs is 1. The van der Waals surface area contributed by atoms with Crippen molar-refractivity contribution in [3.8, 4) is 11.5 Å². The van der Waals surface area contributed by atoms with E-state index in [2.05, 4.69) is 12.6 Å². The predicted octanol–water partition coefficient (Wildman–Crippen LogP) is 4.68. The number of hydrogen-bond acceptors (Lipinski definition) is 7. The molecule has 0 radical (unpaired) electrons. The van der Waals surface area contributed by atoms with Crippen LogP contribution in [0.5, 0.6) is 11.5 Å². The lowest BCUT2D eigenvalue weighted by Gasteiger charge is -2.09. The second-order valence-electron chi connectivity index (χ2n) is 6.31. The number of esters is 1.